The van der Waals surface area contributed by atoms with Crippen LogP contribution in [0.5, 0.6) is 0 Å². The Morgan fingerprint density at radius 2 is 2.17 bits per heavy atom. The molecule has 1 N–H and O–H groups in total. The molecule has 0 aromatic carbocycles. The Balaban J connectivity index is 2.75. The normalized spacial score (nSPS) is 12.9. The van der Waals surface area contributed by atoms with Crippen LogP contribution in [0.15, 0.2) is 9.78 Å². The van der Waals surface area contributed by atoms with Crippen LogP contribution < -0.4 is 5.32 Å². The number of hydrogen-bond donors (Lipinski definition) is 1. The molecule has 0 aliphatic heterocycles. The van der Waals surface area contributed by atoms with Gasteiger partial charge in [0.1, 0.15) is 16.2 Å². The van der Waals surface area contributed by atoms with Gasteiger partial charge in [0, 0.05) is 0 Å². The van der Waals surface area contributed by atoms with Gasteiger partial charge in [-0.05, 0) is 43.6 Å². The molecule has 100 valence electrons. The highest BCUT2D eigenvalue weighted by Crippen LogP contribution is 2.34. The van der Waals surface area contributed by atoms with Crippen molar-refractivity contribution < 1.29 is 9.53 Å². The lowest BCUT2D eigenvalue weighted by molar-refractivity contribution is 0.0636. The molecule has 0 aliphatic carbocycles. The highest BCUT2D eigenvalue weighted by molar-refractivity contribution is 9.10. The van der Waals surface area contributed by atoms with E-state index in [1.165, 1.54) is 11.3 Å². The predicted molar refractivity (Wildman–Crippen MR) is 73.9 cm³/mol. The van der Waals surface area contributed by atoms with Crippen molar-refractivity contribution in [1.29, 1.82) is 0 Å². The van der Waals surface area contributed by atoms with E-state index in [2.05, 4.69) is 31.4 Å². The number of nitrogens with one attached hydrogen (secondary N) is 1. The first-order valence-electron chi connectivity index (χ1n) is 5.21. The molecule has 1 aromatic rings. The molecule has 1 heterocycles. The third-order valence-electron chi connectivity index (χ3n) is 1.76. The first-order chi connectivity index (χ1) is 8.23. The van der Waals surface area contributed by atoms with Crippen LogP contribution in [0, 0.1) is 4.91 Å². The molecule has 0 saturated carbocycles. The maximum absolute atomic E-state index is 11.5. The number of anilines is 1. The van der Waals surface area contributed by atoms with Gasteiger partial charge in [0.2, 0.25) is 0 Å². The van der Waals surface area contributed by atoms with E-state index in [1.54, 1.807) is 27.7 Å². The Labute approximate surface area is 117 Å². The molecule has 1 atom stereocenters. The Bertz CT molecular complexity index is 456. The standard InChI is InChI=1S/C10H14BrN3O3S/c1-5(14-16)6-7(11)12-8(18-6)13-9(15)17-10(2,3)4/h5H,1-4H3,(H,12,13,15). The second kappa shape index (κ2) is 5.75. The zero-order valence-corrected chi connectivity index (χ0v) is 12.9. The summed E-state index contributed by atoms with van der Waals surface area (Å²) in [7, 11) is 0. The summed E-state index contributed by atoms with van der Waals surface area (Å²) >= 11 is 4.40. The molecular formula is C10H14BrN3O3S. The minimum absolute atomic E-state index is 0.363. The number of halogens is 1. The quantitative estimate of drug-likeness (QED) is 0.843. The predicted octanol–water partition coefficient (Wildman–Crippen LogP) is 4.08. The number of amides is 1. The number of carbonyl (C=O) groups is 1. The molecule has 0 spiro atoms. The maximum atomic E-state index is 11.5. The van der Waals surface area contributed by atoms with E-state index < -0.39 is 17.7 Å². The lowest BCUT2D eigenvalue weighted by Gasteiger charge is -2.18. The summed E-state index contributed by atoms with van der Waals surface area (Å²) in [6.45, 7) is 6.97. The van der Waals surface area contributed by atoms with Crippen molar-refractivity contribution in [2.75, 3.05) is 5.32 Å². The molecule has 1 aromatic heterocycles. The van der Waals surface area contributed by atoms with Crippen molar-refractivity contribution in [3.63, 3.8) is 0 Å². The van der Waals surface area contributed by atoms with Crippen molar-refractivity contribution in [3.8, 4) is 0 Å². The minimum Gasteiger partial charge on any atom is -0.444 e. The SMILES string of the molecule is CC(N=O)c1sc(NC(=O)OC(C)(C)C)nc1Br. The molecule has 0 bridgehead atoms. The molecular weight excluding hydrogens is 322 g/mol. The summed E-state index contributed by atoms with van der Waals surface area (Å²) in [6, 6.07) is -0.508. The average Bonchev–Trinajstić information content (AvgIpc) is 2.55. The van der Waals surface area contributed by atoms with Gasteiger partial charge in [-0.1, -0.05) is 16.5 Å². The van der Waals surface area contributed by atoms with Crippen LogP contribution in [0.4, 0.5) is 9.93 Å². The molecule has 0 radical (unpaired) electrons. The van der Waals surface area contributed by atoms with Gasteiger partial charge in [-0.3, -0.25) is 5.32 Å². The Morgan fingerprint density at radius 3 is 2.67 bits per heavy atom. The van der Waals surface area contributed by atoms with E-state index in [-0.39, 0.29) is 0 Å². The van der Waals surface area contributed by atoms with E-state index in [9.17, 15) is 9.70 Å². The van der Waals surface area contributed by atoms with Crippen LogP contribution in [0.25, 0.3) is 0 Å². The fraction of sp³-hybridized carbons (Fsp3) is 0.600. The second-order valence-electron chi connectivity index (χ2n) is 4.58. The van der Waals surface area contributed by atoms with E-state index in [0.29, 0.717) is 14.6 Å². The van der Waals surface area contributed by atoms with Gasteiger partial charge < -0.3 is 4.74 Å². The van der Waals surface area contributed by atoms with Gasteiger partial charge in [-0.15, -0.1) is 0 Å². The van der Waals surface area contributed by atoms with Gasteiger partial charge in [-0.25, -0.2) is 9.78 Å². The van der Waals surface area contributed by atoms with E-state index in [0.717, 1.165) is 0 Å². The summed E-state index contributed by atoms with van der Waals surface area (Å²) < 4.78 is 5.60. The minimum atomic E-state index is -0.581. The van der Waals surface area contributed by atoms with Crippen LogP contribution in [0.1, 0.15) is 38.6 Å². The summed E-state index contributed by atoms with van der Waals surface area (Å²) in [4.78, 5) is 26.7. The number of ether oxygens (including phenoxy) is 1. The first-order valence-corrected chi connectivity index (χ1v) is 6.82. The topological polar surface area (TPSA) is 80.7 Å². The van der Waals surface area contributed by atoms with Gasteiger partial charge in [0.25, 0.3) is 0 Å². The molecule has 0 fully saturated rings. The number of aromatic nitrogens is 1. The summed E-state index contributed by atoms with van der Waals surface area (Å²) in [6.07, 6.45) is -0.581. The smallest absolute Gasteiger partial charge is 0.413 e. The second-order valence-corrected chi connectivity index (χ2v) is 6.36. The van der Waals surface area contributed by atoms with Crippen LogP contribution in [0.2, 0.25) is 0 Å². The van der Waals surface area contributed by atoms with Crippen LogP contribution in [-0.2, 0) is 4.74 Å². The molecule has 1 rings (SSSR count). The number of nitrogens with zero attached hydrogens (tertiary/aromatic N) is 2. The van der Waals surface area contributed by atoms with Crippen LogP contribution in [-0.4, -0.2) is 16.7 Å². The Hall–Kier alpha value is -1.02. The van der Waals surface area contributed by atoms with Gasteiger partial charge in [-0.2, -0.15) is 4.91 Å². The van der Waals surface area contributed by atoms with Crippen molar-refractivity contribution in [2.45, 2.75) is 39.3 Å². The van der Waals surface area contributed by atoms with E-state index in [1.807, 2.05) is 0 Å². The van der Waals surface area contributed by atoms with E-state index >= 15 is 0 Å². The van der Waals surface area contributed by atoms with Crippen molar-refractivity contribution >= 4 is 38.5 Å². The number of carbonyl (C=O) groups excluding carboxylic acids is 1. The van der Waals surface area contributed by atoms with Gasteiger partial charge in [0.15, 0.2) is 5.13 Å². The zero-order chi connectivity index (χ0) is 13.9. The van der Waals surface area contributed by atoms with Crippen LogP contribution in [0.3, 0.4) is 0 Å². The number of hydrogen-bond acceptors (Lipinski definition) is 6. The fourth-order valence-corrected chi connectivity index (χ4v) is 2.76. The van der Waals surface area contributed by atoms with Gasteiger partial charge in [0.05, 0.1) is 4.88 Å². The zero-order valence-electron chi connectivity index (χ0n) is 10.5. The largest absolute Gasteiger partial charge is 0.444 e. The highest BCUT2D eigenvalue weighted by Gasteiger charge is 2.20. The molecule has 8 heteroatoms. The number of thiazole rings is 1. The summed E-state index contributed by atoms with van der Waals surface area (Å²) in [5.74, 6) is 0. The van der Waals surface area contributed by atoms with Gasteiger partial charge >= 0.3 is 6.09 Å². The van der Waals surface area contributed by atoms with Crippen molar-refractivity contribution in [1.82, 2.24) is 4.98 Å². The lowest BCUT2D eigenvalue weighted by atomic mass is 10.2. The third kappa shape index (κ3) is 4.34. The lowest BCUT2D eigenvalue weighted by Crippen LogP contribution is -2.27. The first kappa shape index (κ1) is 15.0. The van der Waals surface area contributed by atoms with E-state index in [4.69, 9.17) is 4.74 Å². The Kier molecular flexibility index (Phi) is 4.80. The van der Waals surface area contributed by atoms with Crippen molar-refractivity contribution in [3.05, 3.63) is 14.4 Å². The highest BCUT2D eigenvalue weighted by atomic mass is 79.9. The summed E-state index contributed by atoms with van der Waals surface area (Å²) in [5, 5.41) is 5.79. The Morgan fingerprint density at radius 1 is 1.56 bits per heavy atom. The number of nitroso groups, excluding NO2 is 1. The third-order valence-corrected chi connectivity index (χ3v) is 3.76. The molecule has 0 aliphatic rings. The molecule has 1 amide bonds. The summed E-state index contributed by atoms with van der Waals surface area (Å²) in [5.41, 5.74) is -0.570. The molecule has 6 nitrogen and oxygen atoms in total. The fourth-order valence-electron chi connectivity index (χ4n) is 1.06. The molecule has 0 saturated heterocycles. The molecule has 18 heavy (non-hydrogen) atoms. The maximum Gasteiger partial charge on any atom is 0.413 e. The number of rotatable bonds is 3. The molecule has 1 unspecified atom stereocenters. The van der Waals surface area contributed by atoms with Crippen LogP contribution >= 0.6 is 27.3 Å². The monoisotopic (exact) mass is 335 g/mol. The average molecular weight is 336 g/mol. The van der Waals surface area contributed by atoms with Crippen molar-refractivity contribution in [2.24, 2.45) is 5.18 Å².